The number of imide groups is 1. The van der Waals surface area contributed by atoms with Crippen LogP contribution < -0.4 is 10.6 Å². The highest BCUT2D eigenvalue weighted by Crippen LogP contribution is 2.35. The fourth-order valence-electron chi connectivity index (χ4n) is 2.61. The van der Waals surface area contributed by atoms with Crippen LogP contribution in [0.5, 0.6) is 0 Å². The molecule has 2 aromatic carbocycles. The number of halogens is 1. The number of benzene rings is 2. The zero-order chi connectivity index (χ0) is 20.3. The number of esters is 1. The maximum absolute atomic E-state index is 12.2. The van der Waals surface area contributed by atoms with Gasteiger partial charge in [-0.2, -0.15) is 0 Å². The summed E-state index contributed by atoms with van der Waals surface area (Å²) < 4.78 is 5.83. The third kappa shape index (κ3) is 4.49. The van der Waals surface area contributed by atoms with Crippen LogP contribution in [0.3, 0.4) is 0 Å². The Labute approximate surface area is 170 Å². The van der Waals surface area contributed by atoms with E-state index in [9.17, 15) is 14.4 Å². The topological polar surface area (TPSA) is 84.5 Å². The van der Waals surface area contributed by atoms with Gasteiger partial charge in [0.1, 0.15) is 4.88 Å². The summed E-state index contributed by atoms with van der Waals surface area (Å²) in [6, 6.07) is 12.1. The number of hydrogen-bond donors (Lipinski definition) is 2. The predicted octanol–water partition coefficient (Wildman–Crippen LogP) is 4.68. The SMILES string of the molecule is Cc1ccc(NC(=O)NC(=O)COC(=O)c2sc3ccccc3c2Cl)c(C)c1. The molecule has 0 saturated carbocycles. The van der Waals surface area contributed by atoms with Gasteiger partial charge in [-0.05, 0) is 31.5 Å². The lowest BCUT2D eigenvalue weighted by atomic mass is 10.1. The number of nitrogens with one attached hydrogen (secondary N) is 2. The Morgan fingerprint density at radius 1 is 1.11 bits per heavy atom. The van der Waals surface area contributed by atoms with E-state index >= 15 is 0 Å². The van der Waals surface area contributed by atoms with Gasteiger partial charge in [-0.3, -0.25) is 10.1 Å². The van der Waals surface area contributed by atoms with E-state index in [4.69, 9.17) is 16.3 Å². The Morgan fingerprint density at radius 3 is 2.57 bits per heavy atom. The van der Waals surface area contributed by atoms with Crippen LogP contribution in [0.25, 0.3) is 10.1 Å². The molecule has 3 rings (SSSR count). The van der Waals surface area contributed by atoms with E-state index in [-0.39, 0.29) is 4.88 Å². The van der Waals surface area contributed by atoms with Gasteiger partial charge in [-0.25, -0.2) is 9.59 Å². The fourth-order valence-corrected chi connectivity index (χ4v) is 4.01. The second kappa shape index (κ2) is 8.41. The number of hydrogen-bond acceptors (Lipinski definition) is 5. The van der Waals surface area contributed by atoms with Gasteiger partial charge in [0.15, 0.2) is 6.61 Å². The van der Waals surface area contributed by atoms with Crippen molar-refractivity contribution in [2.24, 2.45) is 0 Å². The zero-order valence-corrected chi connectivity index (χ0v) is 16.7. The Kier molecular flexibility index (Phi) is 5.96. The van der Waals surface area contributed by atoms with Gasteiger partial charge < -0.3 is 10.1 Å². The quantitative estimate of drug-likeness (QED) is 0.605. The molecule has 1 heterocycles. The summed E-state index contributed by atoms with van der Waals surface area (Å²) in [5.74, 6) is -1.45. The molecule has 28 heavy (non-hydrogen) atoms. The average Bonchev–Trinajstić information content (AvgIpc) is 2.99. The smallest absolute Gasteiger partial charge is 0.350 e. The van der Waals surface area contributed by atoms with Crippen molar-refractivity contribution in [3.8, 4) is 0 Å². The monoisotopic (exact) mass is 416 g/mol. The first-order chi connectivity index (χ1) is 13.3. The van der Waals surface area contributed by atoms with E-state index in [0.717, 1.165) is 21.2 Å². The molecule has 0 unspecified atom stereocenters. The molecule has 0 radical (unpaired) electrons. The number of thiophene rings is 1. The molecule has 0 saturated heterocycles. The van der Waals surface area contributed by atoms with Crippen LogP contribution >= 0.6 is 22.9 Å². The second-order valence-corrected chi connectivity index (χ2v) is 7.57. The molecular weight excluding hydrogens is 400 g/mol. The molecule has 8 heteroatoms. The number of urea groups is 1. The molecule has 0 atom stereocenters. The van der Waals surface area contributed by atoms with E-state index < -0.39 is 24.5 Å². The maximum Gasteiger partial charge on any atom is 0.350 e. The third-order valence-electron chi connectivity index (χ3n) is 3.94. The number of carbonyl (C=O) groups is 3. The molecule has 0 aliphatic rings. The Bertz CT molecular complexity index is 1080. The lowest BCUT2D eigenvalue weighted by molar-refractivity contribution is -0.123. The number of fused-ring (bicyclic) bond motifs is 1. The molecule has 0 aliphatic carbocycles. The normalized spacial score (nSPS) is 10.5. The number of carbonyl (C=O) groups excluding carboxylic acids is 3. The molecule has 0 aliphatic heterocycles. The second-order valence-electron chi connectivity index (χ2n) is 6.14. The summed E-state index contributed by atoms with van der Waals surface area (Å²) in [4.78, 5) is 36.3. The molecule has 0 fully saturated rings. The number of rotatable bonds is 4. The first-order valence-electron chi connectivity index (χ1n) is 8.37. The van der Waals surface area contributed by atoms with Crippen molar-refractivity contribution >= 4 is 56.6 Å². The molecule has 6 nitrogen and oxygen atoms in total. The highest BCUT2D eigenvalue weighted by molar-refractivity contribution is 7.21. The summed E-state index contributed by atoms with van der Waals surface area (Å²) >= 11 is 7.40. The van der Waals surface area contributed by atoms with Gasteiger partial charge >= 0.3 is 12.0 Å². The van der Waals surface area contributed by atoms with Crippen LogP contribution in [0.4, 0.5) is 10.5 Å². The molecule has 3 aromatic rings. The summed E-state index contributed by atoms with van der Waals surface area (Å²) in [5, 5.41) is 5.75. The molecule has 0 spiro atoms. The standard InChI is InChI=1S/C20H17ClN2O4S/c1-11-7-8-14(12(2)9-11)22-20(26)23-16(24)10-27-19(25)18-17(21)13-5-3-4-6-15(13)28-18/h3-9H,10H2,1-2H3,(H2,22,23,24,26). The van der Waals surface area contributed by atoms with Gasteiger partial charge in [0.05, 0.1) is 5.02 Å². The number of anilines is 1. The van der Waals surface area contributed by atoms with Gasteiger partial charge in [0.2, 0.25) is 0 Å². The van der Waals surface area contributed by atoms with Crippen molar-refractivity contribution in [2.75, 3.05) is 11.9 Å². The molecule has 144 valence electrons. The number of aryl methyl sites for hydroxylation is 2. The van der Waals surface area contributed by atoms with Crippen molar-refractivity contribution in [3.05, 3.63) is 63.5 Å². The Morgan fingerprint density at radius 2 is 1.86 bits per heavy atom. The van der Waals surface area contributed by atoms with Crippen molar-refractivity contribution in [2.45, 2.75) is 13.8 Å². The first kappa shape index (κ1) is 19.9. The molecule has 2 N–H and O–H groups in total. The Balaban J connectivity index is 1.55. The summed E-state index contributed by atoms with van der Waals surface area (Å²) in [5.41, 5.74) is 2.52. The third-order valence-corrected chi connectivity index (χ3v) is 5.59. The van der Waals surface area contributed by atoms with E-state index in [1.54, 1.807) is 12.1 Å². The molecule has 1 aromatic heterocycles. The fraction of sp³-hybridized carbons (Fsp3) is 0.150. The summed E-state index contributed by atoms with van der Waals surface area (Å²) in [6.07, 6.45) is 0. The maximum atomic E-state index is 12.2. The van der Waals surface area contributed by atoms with E-state index in [1.165, 1.54) is 11.3 Å². The van der Waals surface area contributed by atoms with Crippen LogP contribution in [0.15, 0.2) is 42.5 Å². The molecule has 0 bridgehead atoms. The summed E-state index contributed by atoms with van der Waals surface area (Å²) in [6.45, 7) is 3.20. The van der Waals surface area contributed by atoms with E-state index in [2.05, 4.69) is 10.6 Å². The average molecular weight is 417 g/mol. The van der Waals surface area contributed by atoms with Crippen molar-refractivity contribution in [3.63, 3.8) is 0 Å². The lowest BCUT2D eigenvalue weighted by Crippen LogP contribution is -2.37. The lowest BCUT2D eigenvalue weighted by Gasteiger charge is -2.10. The van der Waals surface area contributed by atoms with Gasteiger partial charge in [-0.1, -0.05) is 47.5 Å². The Hall–Kier alpha value is -2.90. The highest BCUT2D eigenvalue weighted by Gasteiger charge is 2.19. The van der Waals surface area contributed by atoms with Crippen LogP contribution in [0.1, 0.15) is 20.8 Å². The number of amides is 3. The molecular formula is C20H17ClN2O4S. The van der Waals surface area contributed by atoms with Gasteiger partial charge in [-0.15, -0.1) is 11.3 Å². The number of ether oxygens (including phenoxy) is 1. The van der Waals surface area contributed by atoms with E-state index in [0.29, 0.717) is 10.7 Å². The van der Waals surface area contributed by atoms with Crippen molar-refractivity contribution < 1.29 is 19.1 Å². The highest BCUT2D eigenvalue weighted by atomic mass is 35.5. The minimum atomic E-state index is -0.743. The van der Waals surface area contributed by atoms with Crippen LogP contribution in [0, 0.1) is 13.8 Å². The molecule has 3 amide bonds. The van der Waals surface area contributed by atoms with E-state index in [1.807, 2.05) is 44.2 Å². The largest absolute Gasteiger partial charge is 0.451 e. The van der Waals surface area contributed by atoms with Crippen LogP contribution in [-0.4, -0.2) is 24.5 Å². The minimum absolute atomic E-state index is 0.218. The first-order valence-corrected chi connectivity index (χ1v) is 9.57. The van der Waals surface area contributed by atoms with Crippen molar-refractivity contribution in [1.29, 1.82) is 0 Å². The van der Waals surface area contributed by atoms with Gasteiger partial charge in [0, 0.05) is 15.8 Å². The summed E-state index contributed by atoms with van der Waals surface area (Å²) in [7, 11) is 0. The van der Waals surface area contributed by atoms with Crippen molar-refractivity contribution in [1.82, 2.24) is 5.32 Å². The van der Waals surface area contributed by atoms with Gasteiger partial charge in [0.25, 0.3) is 5.91 Å². The minimum Gasteiger partial charge on any atom is -0.451 e. The van der Waals surface area contributed by atoms with Crippen LogP contribution in [-0.2, 0) is 9.53 Å². The van der Waals surface area contributed by atoms with Crippen LogP contribution in [0.2, 0.25) is 5.02 Å². The zero-order valence-electron chi connectivity index (χ0n) is 15.2. The predicted molar refractivity (Wildman–Crippen MR) is 110 cm³/mol.